The van der Waals surface area contributed by atoms with Crippen molar-refractivity contribution in [2.24, 2.45) is 5.92 Å². The molecule has 37 heavy (non-hydrogen) atoms. The van der Waals surface area contributed by atoms with Crippen LogP contribution in [-0.4, -0.2) is 91.9 Å². The largest absolute Gasteiger partial charge is 0.361 e. The standard InChI is InChI=1S/C29H45N7S/c1-23-20-28(36-18-16-35(17-19-36)22-24-8-10-30-11-9-24)33-27-7-6-25(21-26(23)27)32-29(37)31-12-15-34-13-4-2-3-5-14-34/h6-7,20-21,24,30H,2-5,8-19,22H2,1H3,(H2,31,32,37). The number of aromatic nitrogens is 1. The summed E-state index contributed by atoms with van der Waals surface area (Å²) in [5, 5.41) is 12.1. The van der Waals surface area contributed by atoms with Crippen molar-refractivity contribution >= 4 is 39.7 Å². The molecule has 3 aliphatic rings. The Hall–Kier alpha value is -2.00. The summed E-state index contributed by atoms with van der Waals surface area (Å²) >= 11 is 5.58. The van der Waals surface area contributed by atoms with E-state index in [9.17, 15) is 0 Å². The summed E-state index contributed by atoms with van der Waals surface area (Å²) in [5.74, 6) is 1.97. The number of benzene rings is 1. The lowest BCUT2D eigenvalue weighted by atomic mass is 9.97. The van der Waals surface area contributed by atoms with Crippen LogP contribution < -0.4 is 20.9 Å². The van der Waals surface area contributed by atoms with Gasteiger partial charge in [-0.3, -0.25) is 4.90 Å². The Labute approximate surface area is 228 Å². The summed E-state index contributed by atoms with van der Waals surface area (Å²) < 4.78 is 0. The number of piperidine rings is 1. The van der Waals surface area contributed by atoms with Crippen molar-refractivity contribution in [3.8, 4) is 0 Å². The molecule has 7 nitrogen and oxygen atoms in total. The second-order valence-corrected chi connectivity index (χ2v) is 11.6. The molecule has 202 valence electrons. The van der Waals surface area contributed by atoms with Crippen molar-refractivity contribution in [1.29, 1.82) is 0 Å². The van der Waals surface area contributed by atoms with E-state index in [1.807, 2.05) is 0 Å². The molecule has 0 atom stereocenters. The first-order valence-corrected chi connectivity index (χ1v) is 14.9. The number of hydrogen-bond acceptors (Lipinski definition) is 6. The van der Waals surface area contributed by atoms with E-state index in [-0.39, 0.29) is 0 Å². The zero-order valence-corrected chi connectivity index (χ0v) is 23.4. The Morgan fingerprint density at radius 1 is 0.973 bits per heavy atom. The van der Waals surface area contributed by atoms with E-state index in [0.717, 1.165) is 62.2 Å². The maximum atomic E-state index is 5.58. The molecule has 0 amide bonds. The highest BCUT2D eigenvalue weighted by Crippen LogP contribution is 2.26. The van der Waals surface area contributed by atoms with Crippen molar-refractivity contribution in [2.45, 2.75) is 45.4 Å². The third kappa shape index (κ3) is 7.53. The number of nitrogens with zero attached hydrogens (tertiary/aromatic N) is 4. The monoisotopic (exact) mass is 523 g/mol. The zero-order valence-electron chi connectivity index (χ0n) is 22.6. The first-order valence-electron chi connectivity index (χ1n) is 14.5. The van der Waals surface area contributed by atoms with Gasteiger partial charge in [0, 0.05) is 56.9 Å². The van der Waals surface area contributed by atoms with Crippen LogP contribution >= 0.6 is 12.2 Å². The van der Waals surface area contributed by atoms with E-state index in [1.54, 1.807) is 0 Å². The summed E-state index contributed by atoms with van der Waals surface area (Å²) in [5.41, 5.74) is 3.34. The van der Waals surface area contributed by atoms with Gasteiger partial charge in [-0.1, -0.05) is 12.8 Å². The van der Waals surface area contributed by atoms with Crippen molar-refractivity contribution in [2.75, 3.05) is 82.2 Å². The molecule has 3 aliphatic heterocycles. The number of piperazine rings is 1. The average Bonchev–Trinajstić information content (AvgIpc) is 3.19. The molecule has 0 bridgehead atoms. The van der Waals surface area contributed by atoms with E-state index >= 15 is 0 Å². The van der Waals surface area contributed by atoms with E-state index in [0.29, 0.717) is 5.11 Å². The number of rotatable bonds is 7. The number of nitrogens with one attached hydrogen (secondary N) is 3. The van der Waals surface area contributed by atoms with Crippen LogP contribution in [0.2, 0.25) is 0 Å². The SMILES string of the molecule is Cc1cc(N2CCN(CC3CCNCC3)CC2)nc2ccc(NC(=S)NCCN3CCCCCC3)cc12. The highest BCUT2D eigenvalue weighted by Gasteiger charge is 2.22. The number of anilines is 2. The molecule has 3 fully saturated rings. The van der Waals surface area contributed by atoms with Gasteiger partial charge in [-0.2, -0.15) is 0 Å². The Morgan fingerprint density at radius 2 is 1.73 bits per heavy atom. The van der Waals surface area contributed by atoms with Gasteiger partial charge in [0.15, 0.2) is 5.11 Å². The van der Waals surface area contributed by atoms with Crippen LogP contribution in [0.3, 0.4) is 0 Å². The topological polar surface area (TPSA) is 58.7 Å². The molecule has 0 unspecified atom stereocenters. The summed E-state index contributed by atoms with van der Waals surface area (Å²) in [6.07, 6.45) is 8.03. The molecule has 5 rings (SSSR count). The van der Waals surface area contributed by atoms with Crippen molar-refractivity contribution in [3.05, 3.63) is 29.8 Å². The van der Waals surface area contributed by atoms with Gasteiger partial charge in [0.05, 0.1) is 5.52 Å². The van der Waals surface area contributed by atoms with Gasteiger partial charge in [-0.15, -0.1) is 0 Å². The van der Waals surface area contributed by atoms with Crippen LogP contribution in [0, 0.1) is 12.8 Å². The molecule has 8 heteroatoms. The predicted octanol–water partition coefficient (Wildman–Crippen LogP) is 3.83. The van der Waals surface area contributed by atoms with E-state index in [4.69, 9.17) is 17.2 Å². The quantitative estimate of drug-likeness (QED) is 0.474. The second-order valence-electron chi connectivity index (χ2n) is 11.1. The summed E-state index contributed by atoms with van der Waals surface area (Å²) in [6, 6.07) is 8.66. The molecule has 3 saturated heterocycles. The first-order chi connectivity index (χ1) is 18.1. The second kappa shape index (κ2) is 13.2. The van der Waals surface area contributed by atoms with Gasteiger partial charge in [0.1, 0.15) is 5.82 Å². The van der Waals surface area contributed by atoms with Gasteiger partial charge < -0.3 is 25.8 Å². The highest BCUT2D eigenvalue weighted by molar-refractivity contribution is 7.80. The van der Waals surface area contributed by atoms with Gasteiger partial charge in [0.2, 0.25) is 0 Å². The number of fused-ring (bicyclic) bond motifs is 1. The molecule has 1 aromatic carbocycles. The number of hydrogen-bond donors (Lipinski definition) is 3. The van der Waals surface area contributed by atoms with Crippen LogP contribution in [0.1, 0.15) is 44.1 Å². The van der Waals surface area contributed by atoms with Crippen LogP contribution in [0.25, 0.3) is 10.9 Å². The molecule has 0 saturated carbocycles. The van der Waals surface area contributed by atoms with Crippen LogP contribution in [0.4, 0.5) is 11.5 Å². The number of thiocarbonyl (C=S) groups is 1. The number of pyridine rings is 1. The molecule has 0 radical (unpaired) electrons. The Morgan fingerprint density at radius 3 is 2.49 bits per heavy atom. The zero-order chi connectivity index (χ0) is 25.5. The number of aryl methyl sites for hydroxylation is 1. The summed E-state index contributed by atoms with van der Waals surface area (Å²) in [4.78, 5) is 12.7. The van der Waals surface area contributed by atoms with Crippen molar-refractivity contribution < 1.29 is 0 Å². The van der Waals surface area contributed by atoms with E-state index in [2.05, 4.69) is 61.8 Å². The maximum Gasteiger partial charge on any atom is 0.170 e. The smallest absolute Gasteiger partial charge is 0.170 e. The Bertz CT molecular complexity index is 1020. The molecular formula is C29H45N7S. The summed E-state index contributed by atoms with van der Waals surface area (Å²) in [6.45, 7) is 14.6. The van der Waals surface area contributed by atoms with Crippen LogP contribution in [0.15, 0.2) is 24.3 Å². The lowest BCUT2D eigenvalue weighted by Gasteiger charge is -2.38. The number of likely N-dealkylation sites (tertiary alicyclic amines) is 1. The van der Waals surface area contributed by atoms with Gasteiger partial charge in [-0.25, -0.2) is 4.98 Å². The highest BCUT2D eigenvalue weighted by atomic mass is 32.1. The minimum absolute atomic E-state index is 0.693. The van der Waals surface area contributed by atoms with Gasteiger partial charge >= 0.3 is 0 Å². The lowest BCUT2D eigenvalue weighted by molar-refractivity contribution is 0.196. The van der Waals surface area contributed by atoms with Gasteiger partial charge in [-0.05, 0) is 107 Å². The van der Waals surface area contributed by atoms with Crippen LogP contribution in [0.5, 0.6) is 0 Å². The molecule has 0 aliphatic carbocycles. The fraction of sp³-hybridized carbons (Fsp3) is 0.655. The predicted molar refractivity (Wildman–Crippen MR) is 160 cm³/mol. The van der Waals surface area contributed by atoms with E-state index < -0.39 is 0 Å². The van der Waals surface area contributed by atoms with Crippen molar-refractivity contribution in [1.82, 2.24) is 25.4 Å². The molecule has 2 aromatic rings. The molecular weight excluding hydrogens is 478 g/mol. The summed E-state index contributed by atoms with van der Waals surface area (Å²) in [7, 11) is 0. The first kappa shape index (κ1) is 26.6. The third-order valence-electron chi connectivity index (χ3n) is 8.34. The fourth-order valence-corrected chi connectivity index (χ4v) is 6.29. The lowest BCUT2D eigenvalue weighted by Crippen LogP contribution is -2.48. The molecule has 0 spiro atoms. The molecule has 1 aromatic heterocycles. The third-order valence-corrected chi connectivity index (χ3v) is 8.59. The van der Waals surface area contributed by atoms with Gasteiger partial charge in [0.25, 0.3) is 0 Å². The minimum atomic E-state index is 0.693. The molecule has 3 N–H and O–H groups in total. The molecule has 4 heterocycles. The van der Waals surface area contributed by atoms with Crippen LogP contribution in [-0.2, 0) is 0 Å². The maximum absolute atomic E-state index is 5.58. The van der Waals surface area contributed by atoms with E-state index in [1.165, 1.54) is 82.2 Å². The van der Waals surface area contributed by atoms with Crippen molar-refractivity contribution in [3.63, 3.8) is 0 Å². The average molecular weight is 524 g/mol. The Balaban J connectivity index is 1.12. The fourth-order valence-electron chi connectivity index (χ4n) is 6.07. The minimum Gasteiger partial charge on any atom is -0.361 e. The Kier molecular flexibility index (Phi) is 9.48. The normalized spacial score (nSPS) is 20.6.